The summed E-state index contributed by atoms with van der Waals surface area (Å²) in [6.07, 6.45) is 7.30. The molecule has 0 heterocycles. The summed E-state index contributed by atoms with van der Waals surface area (Å²) in [4.78, 5) is 11.1. The average molecular weight is 182 g/mol. The van der Waals surface area contributed by atoms with E-state index in [4.69, 9.17) is 17.3 Å². The van der Waals surface area contributed by atoms with Crippen molar-refractivity contribution in [2.24, 2.45) is 0 Å². The lowest BCUT2D eigenvalue weighted by molar-refractivity contribution is -0.136. The molecular formula is C9H10O2S. The van der Waals surface area contributed by atoms with E-state index in [1.54, 1.807) is 0 Å². The van der Waals surface area contributed by atoms with E-state index in [1.165, 1.54) is 0 Å². The molecule has 0 saturated carbocycles. The first-order chi connectivity index (χ1) is 5.70. The van der Waals surface area contributed by atoms with Gasteiger partial charge in [0.1, 0.15) is 0 Å². The Kier molecular flexibility index (Phi) is 3.17. The quantitative estimate of drug-likeness (QED) is 0.679. The van der Waals surface area contributed by atoms with Gasteiger partial charge in [0.05, 0.1) is 0 Å². The Morgan fingerprint density at radius 2 is 2.42 bits per heavy atom. The third-order valence-electron chi connectivity index (χ3n) is 1.70. The van der Waals surface area contributed by atoms with Crippen molar-refractivity contribution in [2.75, 3.05) is 0 Å². The lowest BCUT2D eigenvalue weighted by atomic mass is 10.0. The number of hydrogen-bond acceptors (Lipinski definition) is 2. The van der Waals surface area contributed by atoms with Crippen molar-refractivity contribution in [1.29, 1.82) is 0 Å². The monoisotopic (exact) mass is 182 g/mol. The van der Waals surface area contributed by atoms with Crippen LogP contribution in [0.1, 0.15) is 19.3 Å². The second-order valence-corrected chi connectivity index (χ2v) is 3.13. The Bertz CT molecular complexity index is 264. The van der Waals surface area contributed by atoms with Crippen LogP contribution in [0, 0.1) is 0 Å². The second kappa shape index (κ2) is 4.16. The van der Waals surface area contributed by atoms with E-state index < -0.39 is 5.97 Å². The maximum Gasteiger partial charge on any atom is 0.303 e. The van der Waals surface area contributed by atoms with Crippen LogP contribution in [0.15, 0.2) is 23.8 Å². The van der Waals surface area contributed by atoms with Gasteiger partial charge in [0.25, 0.3) is 0 Å². The highest BCUT2D eigenvalue weighted by molar-refractivity contribution is 7.80. The van der Waals surface area contributed by atoms with Crippen molar-refractivity contribution in [3.05, 3.63) is 23.8 Å². The number of carboxylic acids is 1. The number of allylic oxidation sites excluding steroid dienone is 4. The maximum atomic E-state index is 10.3. The predicted molar refractivity (Wildman–Crippen MR) is 51.3 cm³/mol. The topological polar surface area (TPSA) is 37.3 Å². The molecule has 0 aromatic rings. The first-order valence-electron chi connectivity index (χ1n) is 3.81. The van der Waals surface area contributed by atoms with Crippen LogP contribution in [0.25, 0.3) is 0 Å². The molecule has 0 radical (unpaired) electrons. The molecule has 0 amide bonds. The van der Waals surface area contributed by atoms with Crippen LogP contribution in [0.4, 0.5) is 0 Å². The number of rotatable bonds is 3. The molecule has 0 aromatic heterocycles. The zero-order valence-electron chi connectivity index (χ0n) is 6.62. The lowest BCUT2D eigenvalue weighted by Crippen LogP contribution is -2.04. The first kappa shape index (κ1) is 9.13. The zero-order valence-corrected chi connectivity index (χ0v) is 7.43. The zero-order chi connectivity index (χ0) is 8.97. The molecule has 3 heteroatoms. The molecule has 0 unspecified atom stereocenters. The van der Waals surface area contributed by atoms with Crippen molar-refractivity contribution in [2.45, 2.75) is 19.3 Å². The minimum atomic E-state index is -0.770. The third kappa shape index (κ3) is 2.58. The van der Waals surface area contributed by atoms with Gasteiger partial charge in [-0.15, -0.1) is 0 Å². The molecule has 0 fully saturated rings. The van der Waals surface area contributed by atoms with Crippen LogP contribution >= 0.6 is 12.2 Å². The first-order valence-corrected chi connectivity index (χ1v) is 4.21. The van der Waals surface area contributed by atoms with Crippen LogP contribution in [0.5, 0.6) is 0 Å². The molecule has 1 rings (SSSR count). The van der Waals surface area contributed by atoms with Crippen molar-refractivity contribution in [1.82, 2.24) is 0 Å². The summed E-state index contributed by atoms with van der Waals surface area (Å²) >= 11 is 5.07. The van der Waals surface area contributed by atoms with Gasteiger partial charge in [-0.2, -0.15) is 0 Å². The fourth-order valence-corrected chi connectivity index (χ4v) is 1.31. The molecule has 0 aromatic carbocycles. The molecule has 12 heavy (non-hydrogen) atoms. The summed E-state index contributed by atoms with van der Waals surface area (Å²) in [7, 11) is 0. The molecule has 2 nitrogen and oxygen atoms in total. The highest BCUT2D eigenvalue weighted by Gasteiger charge is 2.07. The average Bonchev–Trinajstić information content (AvgIpc) is 2.03. The minimum Gasteiger partial charge on any atom is -0.481 e. The van der Waals surface area contributed by atoms with Crippen molar-refractivity contribution in [3.63, 3.8) is 0 Å². The van der Waals surface area contributed by atoms with Gasteiger partial charge in [-0.25, -0.2) is 0 Å². The van der Waals surface area contributed by atoms with E-state index in [2.05, 4.69) is 0 Å². The van der Waals surface area contributed by atoms with Gasteiger partial charge >= 0.3 is 5.97 Å². The van der Waals surface area contributed by atoms with E-state index in [0.29, 0.717) is 6.42 Å². The molecule has 0 aliphatic heterocycles. The summed E-state index contributed by atoms with van der Waals surface area (Å²) in [6.45, 7) is 0. The molecule has 64 valence electrons. The van der Waals surface area contributed by atoms with Gasteiger partial charge in [0.2, 0.25) is 0 Å². The third-order valence-corrected chi connectivity index (χ3v) is 2.13. The molecule has 0 atom stereocenters. The highest BCUT2D eigenvalue weighted by atomic mass is 32.1. The van der Waals surface area contributed by atoms with E-state index in [1.807, 2.05) is 18.2 Å². The van der Waals surface area contributed by atoms with Gasteiger partial charge in [0.15, 0.2) is 0 Å². The lowest BCUT2D eigenvalue weighted by Gasteiger charge is -2.08. The van der Waals surface area contributed by atoms with Gasteiger partial charge in [-0.1, -0.05) is 30.4 Å². The normalized spacial score (nSPS) is 16.0. The number of thiocarbonyl (C=S) groups is 1. The Labute approximate surface area is 76.6 Å². The molecule has 0 spiro atoms. The molecular weight excluding hydrogens is 172 g/mol. The fraction of sp³-hybridized carbons (Fsp3) is 0.333. The smallest absolute Gasteiger partial charge is 0.303 e. The number of hydrogen-bond donors (Lipinski definition) is 1. The van der Waals surface area contributed by atoms with Crippen LogP contribution in [0.2, 0.25) is 0 Å². The fourth-order valence-electron chi connectivity index (χ4n) is 1.05. The second-order valence-electron chi connectivity index (χ2n) is 2.64. The van der Waals surface area contributed by atoms with Crippen LogP contribution in [0.3, 0.4) is 0 Å². The van der Waals surface area contributed by atoms with E-state index in [-0.39, 0.29) is 6.42 Å². The number of aliphatic carboxylic acids is 1. The van der Waals surface area contributed by atoms with Crippen molar-refractivity contribution < 1.29 is 9.90 Å². The molecule has 1 N–H and O–H groups in total. The molecule has 0 saturated heterocycles. The SMILES string of the molecule is O=C(O)CCC1=CC=CCC1=S. The van der Waals surface area contributed by atoms with Gasteiger partial charge in [-0.05, 0) is 12.0 Å². The predicted octanol–water partition coefficient (Wildman–Crippen LogP) is 2.11. The van der Waals surface area contributed by atoms with Gasteiger partial charge in [-0.3, -0.25) is 4.79 Å². The molecule has 1 aliphatic rings. The molecule has 0 bridgehead atoms. The van der Waals surface area contributed by atoms with Crippen LogP contribution < -0.4 is 0 Å². The van der Waals surface area contributed by atoms with E-state index >= 15 is 0 Å². The Morgan fingerprint density at radius 3 is 3.00 bits per heavy atom. The minimum absolute atomic E-state index is 0.166. The number of carbonyl (C=O) groups is 1. The van der Waals surface area contributed by atoms with Crippen molar-refractivity contribution >= 4 is 23.1 Å². The Hall–Kier alpha value is -0.960. The van der Waals surface area contributed by atoms with Crippen LogP contribution in [-0.2, 0) is 4.79 Å². The summed E-state index contributed by atoms with van der Waals surface area (Å²) < 4.78 is 0. The highest BCUT2D eigenvalue weighted by Crippen LogP contribution is 2.14. The van der Waals surface area contributed by atoms with Crippen molar-refractivity contribution in [3.8, 4) is 0 Å². The summed E-state index contributed by atoms with van der Waals surface area (Å²) in [6, 6.07) is 0. The van der Waals surface area contributed by atoms with Gasteiger partial charge in [0, 0.05) is 17.7 Å². The Morgan fingerprint density at radius 1 is 1.67 bits per heavy atom. The molecule has 1 aliphatic carbocycles. The standard InChI is InChI=1S/C9H10O2S/c10-9(11)6-5-7-3-1-2-4-8(7)12/h1-3H,4-6H2,(H,10,11). The summed E-state index contributed by atoms with van der Waals surface area (Å²) in [5.41, 5.74) is 0.995. The summed E-state index contributed by atoms with van der Waals surface area (Å²) in [5.74, 6) is -0.770. The number of carboxylic acid groups (broad SMARTS) is 1. The summed E-state index contributed by atoms with van der Waals surface area (Å²) in [5, 5.41) is 8.44. The van der Waals surface area contributed by atoms with E-state index in [0.717, 1.165) is 16.9 Å². The maximum absolute atomic E-state index is 10.3. The van der Waals surface area contributed by atoms with Crippen LogP contribution in [-0.4, -0.2) is 15.9 Å². The van der Waals surface area contributed by atoms with E-state index in [9.17, 15) is 4.79 Å². The largest absolute Gasteiger partial charge is 0.481 e. The van der Waals surface area contributed by atoms with Gasteiger partial charge < -0.3 is 5.11 Å². The Balaban J connectivity index is 2.50.